The third-order valence-corrected chi connectivity index (χ3v) is 5.32. The van der Waals surface area contributed by atoms with E-state index in [1.807, 2.05) is 0 Å². The van der Waals surface area contributed by atoms with Crippen LogP contribution in [0.4, 0.5) is 0 Å². The minimum atomic E-state index is 0.141. The summed E-state index contributed by atoms with van der Waals surface area (Å²) in [5, 5.41) is 3.44. The molecule has 0 aromatic heterocycles. The zero-order chi connectivity index (χ0) is 15.9. The SMILES string of the molecule is CC(C)c1ccc([C@@H](C)SCC(=O)NC2CCOCC2)cc1. The summed E-state index contributed by atoms with van der Waals surface area (Å²) >= 11 is 1.70. The van der Waals surface area contributed by atoms with Gasteiger partial charge in [-0.25, -0.2) is 0 Å². The fraction of sp³-hybridized carbons (Fsp3) is 0.611. The first kappa shape index (κ1) is 17.4. The zero-order valence-corrected chi connectivity index (χ0v) is 14.6. The molecular weight excluding hydrogens is 294 g/mol. The molecule has 0 radical (unpaired) electrons. The molecule has 4 heteroatoms. The Morgan fingerprint density at radius 2 is 1.77 bits per heavy atom. The third-order valence-electron chi connectivity index (χ3n) is 4.12. The van der Waals surface area contributed by atoms with Gasteiger partial charge in [-0.3, -0.25) is 4.79 Å². The molecule has 1 aromatic carbocycles. The molecule has 1 N–H and O–H groups in total. The Balaban J connectivity index is 1.76. The van der Waals surface area contributed by atoms with E-state index in [1.165, 1.54) is 11.1 Å². The highest BCUT2D eigenvalue weighted by molar-refractivity contribution is 8.00. The smallest absolute Gasteiger partial charge is 0.230 e. The summed E-state index contributed by atoms with van der Waals surface area (Å²) in [6.07, 6.45) is 1.87. The van der Waals surface area contributed by atoms with Crippen molar-refractivity contribution in [1.29, 1.82) is 0 Å². The second kappa shape index (κ2) is 8.59. The second-order valence-corrected chi connectivity index (χ2v) is 7.56. The molecule has 0 saturated carbocycles. The average molecular weight is 321 g/mol. The van der Waals surface area contributed by atoms with E-state index in [0.29, 0.717) is 23.0 Å². The van der Waals surface area contributed by atoms with E-state index >= 15 is 0 Å². The molecular formula is C18H27NO2S. The number of hydrogen-bond acceptors (Lipinski definition) is 3. The lowest BCUT2D eigenvalue weighted by Crippen LogP contribution is -2.39. The molecule has 1 heterocycles. The summed E-state index contributed by atoms with van der Waals surface area (Å²) in [6.45, 7) is 8.09. The first-order valence-corrected chi connectivity index (χ1v) is 9.19. The van der Waals surface area contributed by atoms with E-state index < -0.39 is 0 Å². The summed E-state index contributed by atoms with van der Waals surface area (Å²) in [4.78, 5) is 12.0. The molecule has 22 heavy (non-hydrogen) atoms. The zero-order valence-electron chi connectivity index (χ0n) is 13.8. The van der Waals surface area contributed by atoms with Crippen molar-refractivity contribution in [2.75, 3.05) is 19.0 Å². The Labute approximate surface area is 138 Å². The van der Waals surface area contributed by atoms with Crippen molar-refractivity contribution in [2.45, 2.75) is 50.8 Å². The fourth-order valence-electron chi connectivity index (χ4n) is 2.56. The molecule has 1 saturated heterocycles. The molecule has 1 aliphatic rings. The molecule has 1 fully saturated rings. The molecule has 0 bridgehead atoms. The summed E-state index contributed by atoms with van der Waals surface area (Å²) in [5.41, 5.74) is 2.64. The van der Waals surface area contributed by atoms with Gasteiger partial charge in [0, 0.05) is 24.5 Å². The van der Waals surface area contributed by atoms with Crippen molar-refractivity contribution in [3.63, 3.8) is 0 Å². The number of ether oxygens (including phenoxy) is 1. The van der Waals surface area contributed by atoms with Gasteiger partial charge in [-0.2, -0.15) is 0 Å². The van der Waals surface area contributed by atoms with Crippen LogP contribution in [0.3, 0.4) is 0 Å². The van der Waals surface area contributed by atoms with Crippen LogP contribution in [0.1, 0.15) is 55.9 Å². The maximum atomic E-state index is 12.0. The summed E-state index contributed by atoms with van der Waals surface area (Å²) < 4.78 is 5.31. The first-order valence-electron chi connectivity index (χ1n) is 8.15. The van der Waals surface area contributed by atoms with E-state index in [9.17, 15) is 4.79 Å². The van der Waals surface area contributed by atoms with Crippen molar-refractivity contribution in [3.05, 3.63) is 35.4 Å². The maximum Gasteiger partial charge on any atom is 0.230 e. The number of benzene rings is 1. The number of hydrogen-bond donors (Lipinski definition) is 1. The van der Waals surface area contributed by atoms with Crippen LogP contribution in [-0.2, 0) is 9.53 Å². The highest BCUT2D eigenvalue weighted by atomic mass is 32.2. The van der Waals surface area contributed by atoms with Gasteiger partial charge in [0.05, 0.1) is 5.75 Å². The van der Waals surface area contributed by atoms with Crippen LogP contribution in [0, 0.1) is 0 Å². The molecule has 0 spiro atoms. The van der Waals surface area contributed by atoms with Gasteiger partial charge in [-0.1, -0.05) is 38.1 Å². The molecule has 1 aromatic rings. The van der Waals surface area contributed by atoms with Gasteiger partial charge in [-0.05, 0) is 36.8 Å². The summed E-state index contributed by atoms with van der Waals surface area (Å²) in [7, 11) is 0. The first-order chi connectivity index (χ1) is 10.6. The lowest BCUT2D eigenvalue weighted by Gasteiger charge is -2.23. The Bertz CT molecular complexity index is 466. The van der Waals surface area contributed by atoms with Crippen molar-refractivity contribution in [2.24, 2.45) is 0 Å². The Hall–Kier alpha value is -1.00. The molecule has 3 nitrogen and oxygen atoms in total. The Morgan fingerprint density at radius 1 is 1.18 bits per heavy atom. The minimum Gasteiger partial charge on any atom is -0.381 e. The van der Waals surface area contributed by atoms with Crippen molar-refractivity contribution in [1.82, 2.24) is 5.32 Å². The van der Waals surface area contributed by atoms with E-state index in [-0.39, 0.29) is 5.91 Å². The van der Waals surface area contributed by atoms with Gasteiger partial charge >= 0.3 is 0 Å². The lowest BCUT2D eigenvalue weighted by atomic mass is 10.0. The van der Waals surface area contributed by atoms with Gasteiger partial charge < -0.3 is 10.1 Å². The maximum absolute atomic E-state index is 12.0. The monoisotopic (exact) mass is 321 g/mol. The largest absolute Gasteiger partial charge is 0.381 e. The number of amides is 1. The van der Waals surface area contributed by atoms with E-state index in [2.05, 4.69) is 50.4 Å². The summed E-state index contributed by atoms with van der Waals surface area (Å²) in [6, 6.07) is 9.05. The number of carbonyl (C=O) groups excluding carboxylic acids is 1. The van der Waals surface area contributed by atoms with Crippen LogP contribution in [0.5, 0.6) is 0 Å². The van der Waals surface area contributed by atoms with Crippen LogP contribution in [0.2, 0.25) is 0 Å². The van der Waals surface area contributed by atoms with E-state index in [4.69, 9.17) is 4.74 Å². The standard InChI is InChI=1S/C18H27NO2S/c1-13(2)15-4-6-16(7-5-15)14(3)22-12-18(20)19-17-8-10-21-11-9-17/h4-7,13-14,17H,8-12H2,1-3H3,(H,19,20)/t14-/m1/s1. The quantitative estimate of drug-likeness (QED) is 0.863. The Morgan fingerprint density at radius 3 is 2.36 bits per heavy atom. The molecule has 1 atom stereocenters. The van der Waals surface area contributed by atoms with Gasteiger partial charge in [0.1, 0.15) is 0 Å². The fourth-order valence-corrected chi connectivity index (χ4v) is 3.39. The number of carbonyl (C=O) groups is 1. The van der Waals surface area contributed by atoms with Crippen molar-refractivity contribution < 1.29 is 9.53 Å². The van der Waals surface area contributed by atoms with Gasteiger partial charge in [0.25, 0.3) is 0 Å². The van der Waals surface area contributed by atoms with E-state index in [1.54, 1.807) is 11.8 Å². The van der Waals surface area contributed by atoms with Crippen LogP contribution in [-0.4, -0.2) is 30.9 Å². The normalized spacial score (nSPS) is 17.5. The molecule has 122 valence electrons. The topological polar surface area (TPSA) is 38.3 Å². The minimum absolute atomic E-state index is 0.141. The van der Waals surface area contributed by atoms with Crippen LogP contribution in [0.15, 0.2) is 24.3 Å². The van der Waals surface area contributed by atoms with Crippen LogP contribution >= 0.6 is 11.8 Å². The molecule has 0 aliphatic carbocycles. The molecule has 1 amide bonds. The van der Waals surface area contributed by atoms with Crippen LogP contribution < -0.4 is 5.32 Å². The van der Waals surface area contributed by atoms with Gasteiger partial charge in [0.2, 0.25) is 5.91 Å². The lowest BCUT2D eigenvalue weighted by molar-refractivity contribution is -0.119. The van der Waals surface area contributed by atoms with Gasteiger partial charge in [-0.15, -0.1) is 11.8 Å². The Kier molecular flexibility index (Phi) is 6.77. The third kappa shape index (κ3) is 5.33. The molecule has 1 aliphatic heterocycles. The highest BCUT2D eigenvalue weighted by Gasteiger charge is 2.17. The number of rotatable bonds is 6. The number of thioether (sulfide) groups is 1. The predicted molar refractivity (Wildman–Crippen MR) is 93.4 cm³/mol. The van der Waals surface area contributed by atoms with Crippen LogP contribution in [0.25, 0.3) is 0 Å². The molecule has 0 unspecified atom stereocenters. The second-order valence-electron chi connectivity index (χ2n) is 6.23. The van der Waals surface area contributed by atoms with Crippen molar-refractivity contribution >= 4 is 17.7 Å². The summed E-state index contributed by atoms with van der Waals surface area (Å²) in [5.74, 6) is 1.22. The molecule has 2 rings (SSSR count). The van der Waals surface area contributed by atoms with E-state index in [0.717, 1.165) is 26.1 Å². The highest BCUT2D eigenvalue weighted by Crippen LogP contribution is 2.29. The van der Waals surface area contributed by atoms with Gasteiger partial charge in [0.15, 0.2) is 0 Å². The van der Waals surface area contributed by atoms with Crippen molar-refractivity contribution in [3.8, 4) is 0 Å². The predicted octanol–water partition coefficient (Wildman–Crippen LogP) is 3.90. The average Bonchev–Trinajstić information content (AvgIpc) is 2.53. The number of nitrogens with one attached hydrogen (secondary N) is 1.